The number of carbonyl (C=O) groups excluding carboxylic acids is 1. The molecule has 2 atom stereocenters. The topological polar surface area (TPSA) is 91.3 Å². The van der Waals surface area contributed by atoms with Crippen LogP contribution in [0.4, 0.5) is 5.82 Å². The minimum absolute atomic E-state index is 0.133. The number of aromatic nitrogens is 1. The lowest BCUT2D eigenvalue weighted by Gasteiger charge is -2.19. The van der Waals surface area contributed by atoms with Crippen LogP contribution in [0.2, 0.25) is 0 Å². The van der Waals surface area contributed by atoms with Crippen LogP contribution in [0.25, 0.3) is 0 Å². The summed E-state index contributed by atoms with van der Waals surface area (Å²) in [4.78, 5) is 26.9. The average Bonchev–Trinajstić information content (AvgIpc) is 3.04. The van der Waals surface area contributed by atoms with Gasteiger partial charge in [0.15, 0.2) is 5.69 Å². The van der Waals surface area contributed by atoms with Gasteiger partial charge in [0.05, 0.1) is 0 Å². The molecule has 2 N–H and O–H groups in total. The molecule has 20 heavy (non-hydrogen) atoms. The second-order valence-electron chi connectivity index (χ2n) is 5.56. The molecule has 0 bridgehead atoms. The molecule has 0 unspecified atom stereocenters. The lowest BCUT2D eigenvalue weighted by Crippen LogP contribution is -2.33. The van der Waals surface area contributed by atoms with Crippen LogP contribution in [0.3, 0.4) is 0 Å². The van der Waals surface area contributed by atoms with Crippen LogP contribution in [0, 0.1) is 22.0 Å². The smallest absolute Gasteiger partial charge is 0.321 e. The first-order valence-corrected chi connectivity index (χ1v) is 6.98. The van der Waals surface area contributed by atoms with Crippen molar-refractivity contribution in [1.82, 2.24) is 15.2 Å². The Kier molecular flexibility index (Phi) is 3.43. The Hall–Kier alpha value is -1.89. The summed E-state index contributed by atoms with van der Waals surface area (Å²) in [7, 11) is 0. The monoisotopic (exact) mass is 278 g/mol. The number of aromatic amines is 1. The van der Waals surface area contributed by atoms with Gasteiger partial charge in [0, 0.05) is 19.2 Å². The highest BCUT2D eigenvalue weighted by molar-refractivity contribution is 5.92. The number of fused-ring (bicyclic) bond motifs is 1. The molecule has 7 heteroatoms. The molecule has 7 nitrogen and oxygen atoms in total. The summed E-state index contributed by atoms with van der Waals surface area (Å²) in [5.74, 6) is 1.05. The maximum atomic E-state index is 12.4. The van der Waals surface area contributed by atoms with E-state index in [4.69, 9.17) is 0 Å². The van der Waals surface area contributed by atoms with Gasteiger partial charge in [0.25, 0.3) is 5.91 Å². The third-order valence-electron chi connectivity index (χ3n) is 4.40. The van der Waals surface area contributed by atoms with Crippen LogP contribution < -0.4 is 5.32 Å². The predicted molar refractivity (Wildman–Crippen MR) is 72.4 cm³/mol. The molecule has 2 aliphatic rings. The van der Waals surface area contributed by atoms with Gasteiger partial charge in [-0.05, 0) is 48.8 Å². The molecular weight excluding hydrogens is 260 g/mol. The van der Waals surface area contributed by atoms with Gasteiger partial charge in [-0.2, -0.15) is 0 Å². The quantitative estimate of drug-likeness (QED) is 0.623. The minimum atomic E-state index is -0.519. The number of likely N-dealkylation sites (tertiary alicyclic amines) is 1. The number of amides is 1. The SMILES string of the molecule is O=C(c1ccc([N+](=O)[O-])[nH]1)N1CC[C@@H]2CNC[C@@H]2CC1. The van der Waals surface area contributed by atoms with Crippen molar-refractivity contribution in [2.75, 3.05) is 26.2 Å². The van der Waals surface area contributed by atoms with E-state index in [1.807, 2.05) is 4.90 Å². The molecule has 0 spiro atoms. The van der Waals surface area contributed by atoms with Gasteiger partial charge >= 0.3 is 5.82 Å². The van der Waals surface area contributed by atoms with Gasteiger partial charge in [-0.15, -0.1) is 0 Å². The molecule has 0 aromatic carbocycles. The second kappa shape index (κ2) is 5.24. The van der Waals surface area contributed by atoms with Crippen LogP contribution in [0.5, 0.6) is 0 Å². The molecular formula is C13H18N4O3. The third kappa shape index (κ3) is 2.40. The Labute approximate surface area is 116 Å². The van der Waals surface area contributed by atoms with Crippen molar-refractivity contribution < 1.29 is 9.72 Å². The maximum absolute atomic E-state index is 12.4. The van der Waals surface area contributed by atoms with Crippen molar-refractivity contribution in [3.8, 4) is 0 Å². The standard InChI is InChI=1S/C13H18N4O3/c18-13(11-1-2-12(15-11)17(19)20)16-5-3-9-7-14-8-10(9)4-6-16/h1-2,9-10,14-15H,3-8H2/t9-,10+. The molecule has 2 aliphatic heterocycles. The molecule has 0 saturated carbocycles. The summed E-state index contributed by atoms with van der Waals surface area (Å²) < 4.78 is 0. The molecule has 1 aromatic heterocycles. The molecule has 1 aromatic rings. The Morgan fingerprint density at radius 2 is 1.90 bits per heavy atom. The zero-order valence-corrected chi connectivity index (χ0v) is 11.2. The lowest BCUT2D eigenvalue weighted by molar-refractivity contribution is -0.389. The summed E-state index contributed by atoms with van der Waals surface area (Å²) in [6.07, 6.45) is 2.01. The Morgan fingerprint density at radius 1 is 1.25 bits per heavy atom. The van der Waals surface area contributed by atoms with Gasteiger partial charge in [0.2, 0.25) is 0 Å². The zero-order valence-electron chi connectivity index (χ0n) is 11.2. The first-order chi connectivity index (χ1) is 9.65. The Morgan fingerprint density at radius 3 is 2.45 bits per heavy atom. The van der Waals surface area contributed by atoms with E-state index in [9.17, 15) is 14.9 Å². The Balaban J connectivity index is 1.68. The summed E-state index contributed by atoms with van der Waals surface area (Å²) in [6, 6.07) is 2.83. The van der Waals surface area contributed by atoms with E-state index in [0.717, 1.165) is 39.0 Å². The van der Waals surface area contributed by atoms with Crippen LogP contribution in [0.15, 0.2) is 12.1 Å². The Bertz CT molecular complexity index is 513. The number of nitrogens with one attached hydrogen (secondary N) is 2. The normalized spacial score (nSPS) is 26.1. The van der Waals surface area contributed by atoms with Crippen LogP contribution in [-0.4, -0.2) is 46.9 Å². The minimum Gasteiger partial charge on any atom is -0.358 e. The third-order valence-corrected chi connectivity index (χ3v) is 4.40. The number of hydrogen-bond donors (Lipinski definition) is 2. The van der Waals surface area contributed by atoms with Crippen molar-refractivity contribution in [2.24, 2.45) is 11.8 Å². The number of H-pyrrole nitrogens is 1. The summed E-state index contributed by atoms with van der Waals surface area (Å²) >= 11 is 0. The number of rotatable bonds is 2. The van der Waals surface area contributed by atoms with E-state index in [1.54, 1.807) is 0 Å². The van der Waals surface area contributed by atoms with E-state index in [0.29, 0.717) is 17.5 Å². The van der Waals surface area contributed by atoms with Crippen LogP contribution >= 0.6 is 0 Å². The summed E-state index contributed by atoms with van der Waals surface area (Å²) in [5.41, 5.74) is 0.307. The van der Waals surface area contributed by atoms with E-state index >= 15 is 0 Å². The molecule has 0 radical (unpaired) electrons. The van der Waals surface area contributed by atoms with E-state index < -0.39 is 4.92 Å². The van der Waals surface area contributed by atoms with Crippen molar-refractivity contribution in [1.29, 1.82) is 0 Å². The van der Waals surface area contributed by atoms with Crippen molar-refractivity contribution in [3.63, 3.8) is 0 Å². The average molecular weight is 278 g/mol. The predicted octanol–water partition coefficient (Wildman–Crippen LogP) is 0.994. The first kappa shape index (κ1) is 13.1. The molecule has 0 aliphatic carbocycles. The fourth-order valence-electron chi connectivity index (χ4n) is 3.21. The highest BCUT2D eigenvalue weighted by Gasteiger charge is 2.32. The largest absolute Gasteiger partial charge is 0.358 e. The van der Waals surface area contributed by atoms with Gasteiger partial charge in [-0.25, -0.2) is 4.98 Å². The second-order valence-corrected chi connectivity index (χ2v) is 5.56. The van der Waals surface area contributed by atoms with E-state index in [1.165, 1.54) is 12.1 Å². The van der Waals surface area contributed by atoms with E-state index in [2.05, 4.69) is 10.3 Å². The zero-order chi connectivity index (χ0) is 14.1. The van der Waals surface area contributed by atoms with Crippen LogP contribution in [0.1, 0.15) is 23.3 Å². The van der Waals surface area contributed by atoms with Crippen molar-refractivity contribution >= 4 is 11.7 Å². The highest BCUT2D eigenvalue weighted by Crippen LogP contribution is 2.27. The van der Waals surface area contributed by atoms with Crippen LogP contribution in [-0.2, 0) is 0 Å². The van der Waals surface area contributed by atoms with Gasteiger partial charge in [-0.3, -0.25) is 4.79 Å². The number of hydrogen-bond acceptors (Lipinski definition) is 4. The van der Waals surface area contributed by atoms with Crippen molar-refractivity contribution in [2.45, 2.75) is 12.8 Å². The summed E-state index contributed by atoms with van der Waals surface area (Å²) in [6.45, 7) is 3.55. The van der Waals surface area contributed by atoms with Gasteiger partial charge < -0.3 is 20.3 Å². The number of nitro groups is 1. The first-order valence-electron chi connectivity index (χ1n) is 6.98. The lowest BCUT2D eigenvalue weighted by atomic mass is 9.92. The fraction of sp³-hybridized carbons (Fsp3) is 0.615. The van der Waals surface area contributed by atoms with Crippen molar-refractivity contribution in [3.05, 3.63) is 27.9 Å². The molecule has 1 amide bonds. The van der Waals surface area contributed by atoms with Gasteiger partial charge in [-0.1, -0.05) is 0 Å². The molecule has 2 saturated heterocycles. The van der Waals surface area contributed by atoms with E-state index in [-0.39, 0.29) is 11.7 Å². The maximum Gasteiger partial charge on any atom is 0.321 e. The fourth-order valence-corrected chi connectivity index (χ4v) is 3.21. The van der Waals surface area contributed by atoms with Gasteiger partial charge in [0.1, 0.15) is 0 Å². The molecule has 2 fully saturated rings. The molecule has 3 rings (SSSR count). The summed E-state index contributed by atoms with van der Waals surface area (Å²) in [5, 5.41) is 14.0. The molecule has 3 heterocycles. The number of carbonyl (C=O) groups is 1. The highest BCUT2D eigenvalue weighted by atomic mass is 16.6. The number of nitrogens with zero attached hydrogens (tertiary/aromatic N) is 2. The molecule has 108 valence electrons.